The molecule has 2 N–H and O–H groups in total. The zero-order chi connectivity index (χ0) is 14.6. The van der Waals surface area contributed by atoms with Gasteiger partial charge < -0.3 is 15.5 Å². The fourth-order valence-electron chi connectivity index (χ4n) is 4.11. The predicted molar refractivity (Wildman–Crippen MR) is 86.0 cm³/mol. The van der Waals surface area contributed by atoms with Crippen molar-refractivity contribution in [2.45, 2.75) is 51.1 Å². The van der Waals surface area contributed by atoms with Crippen molar-refractivity contribution < 1.29 is 0 Å². The standard InChI is InChI=1S/C16H34N4/c1-4-15-13-18(3)9-6-10-20(15)16(14-17)7-11-19(5-2)12-8-16/h15H,4-14,17H2,1-3H3. The van der Waals surface area contributed by atoms with E-state index in [0.29, 0.717) is 6.04 Å². The summed E-state index contributed by atoms with van der Waals surface area (Å²) in [5.74, 6) is 0. The molecule has 0 saturated carbocycles. The summed E-state index contributed by atoms with van der Waals surface area (Å²) in [5, 5.41) is 0. The van der Waals surface area contributed by atoms with Gasteiger partial charge >= 0.3 is 0 Å². The Morgan fingerprint density at radius 2 is 1.80 bits per heavy atom. The first-order valence-electron chi connectivity index (χ1n) is 8.53. The zero-order valence-corrected chi connectivity index (χ0v) is 13.8. The van der Waals surface area contributed by atoms with E-state index in [1.54, 1.807) is 0 Å². The average molecular weight is 282 g/mol. The van der Waals surface area contributed by atoms with E-state index in [0.717, 1.165) is 6.54 Å². The Bertz CT molecular complexity index is 286. The lowest BCUT2D eigenvalue weighted by Crippen LogP contribution is -2.62. The molecule has 0 aliphatic carbocycles. The highest BCUT2D eigenvalue weighted by Gasteiger charge is 2.41. The van der Waals surface area contributed by atoms with Crippen molar-refractivity contribution in [1.29, 1.82) is 0 Å². The summed E-state index contributed by atoms with van der Waals surface area (Å²) in [5.41, 5.74) is 6.55. The molecule has 2 aliphatic rings. The van der Waals surface area contributed by atoms with Crippen LogP contribution in [-0.2, 0) is 0 Å². The van der Waals surface area contributed by atoms with Crippen LogP contribution in [0.3, 0.4) is 0 Å². The van der Waals surface area contributed by atoms with Gasteiger partial charge in [-0.15, -0.1) is 0 Å². The molecule has 0 radical (unpaired) electrons. The Hall–Kier alpha value is -0.160. The molecule has 0 amide bonds. The lowest BCUT2D eigenvalue weighted by atomic mass is 9.84. The van der Waals surface area contributed by atoms with Crippen molar-refractivity contribution in [3.05, 3.63) is 0 Å². The van der Waals surface area contributed by atoms with Gasteiger partial charge in [0.05, 0.1) is 0 Å². The quantitative estimate of drug-likeness (QED) is 0.841. The van der Waals surface area contributed by atoms with Gasteiger partial charge in [-0.1, -0.05) is 13.8 Å². The van der Waals surface area contributed by atoms with Crippen molar-refractivity contribution >= 4 is 0 Å². The number of nitrogens with zero attached hydrogens (tertiary/aromatic N) is 3. The van der Waals surface area contributed by atoms with Crippen molar-refractivity contribution in [3.63, 3.8) is 0 Å². The molecule has 0 aromatic rings. The van der Waals surface area contributed by atoms with Crippen molar-refractivity contribution in [1.82, 2.24) is 14.7 Å². The number of piperidine rings is 1. The Balaban J connectivity index is 2.12. The van der Waals surface area contributed by atoms with Crippen molar-refractivity contribution in [2.75, 3.05) is 52.9 Å². The van der Waals surface area contributed by atoms with Crippen molar-refractivity contribution in [2.24, 2.45) is 5.73 Å². The maximum absolute atomic E-state index is 6.28. The van der Waals surface area contributed by atoms with Gasteiger partial charge in [0.25, 0.3) is 0 Å². The minimum atomic E-state index is 0.261. The molecule has 2 fully saturated rings. The summed E-state index contributed by atoms with van der Waals surface area (Å²) in [7, 11) is 2.26. The lowest BCUT2D eigenvalue weighted by Gasteiger charge is -2.51. The highest BCUT2D eigenvalue weighted by atomic mass is 15.3. The molecule has 4 heteroatoms. The summed E-state index contributed by atoms with van der Waals surface area (Å²) < 4.78 is 0. The molecule has 118 valence electrons. The first kappa shape index (κ1) is 16.2. The first-order chi connectivity index (χ1) is 9.65. The van der Waals surface area contributed by atoms with Gasteiger partial charge in [0.2, 0.25) is 0 Å². The molecular weight excluding hydrogens is 248 g/mol. The molecule has 0 aromatic heterocycles. The minimum Gasteiger partial charge on any atom is -0.329 e. The van der Waals surface area contributed by atoms with Gasteiger partial charge in [0.1, 0.15) is 0 Å². The number of hydrogen-bond donors (Lipinski definition) is 1. The first-order valence-corrected chi connectivity index (χ1v) is 8.53. The van der Waals surface area contributed by atoms with Gasteiger partial charge in [-0.05, 0) is 58.9 Å². The monoisotopic (exact) mass is 282 g/mol. The lowest BCUT2D eigenvalue weighted by molar-refractivity contribution is -0.00192. The van der Waals surface area contributed by atoms with Crippen molar-refractivity contribution in [3.8, 4) is 0 Å². The second-order valence-electron chi connectivity index (χ2n) is 6.73. The highest BCUT2D eigenvalue weighted by Crippen LogP contribution is 2.32. The van der Waals surface area contributed by atoms with Crippen LogP contribution in [0.1, 0.15) is 39.5 Å². The number of likely N-dealkylation sites (tertiary alicyclic amines) is 1. The summed E-state index contributed by atoms with van der Waals surface area (Å²) in [6, 6.07) is 0.680. The Labute approximate surface area is 125 Å². The van der Waals surface area contributed by atoms with Crippen LogP contribution >= 0.6 is 0 Å². The Morgan fingerprint density at radius 3 is 2.35 bits per heavy atom. The normalized spacial score (nSPS) is 30.3. The Kier molecular flexibility index (Phi) is 5.84. The second-order valence-corrected chi connectivity index (χ2v) is 6.73. The molecule has 4 nitrogen and oxygen atoms in total. The van der Waals surface area contributed by atoms with Gasteiger partial charge in [-0.3, -0.25) is 4.90 Å². The molecule has 2 saturated heterocycles. The fourth-order valence-corrected chi connectivity index (χ4v) is 4.11. The van der Waals surface area contributed by atoms with E-state index in [1.807, 2.05) is 0 Å². The maximum Gasteiger partial charge on any atom is 0.0359 e. The largest absolute Gasteiger partial charge is 0.329 e. The molecule has 1 unspecified atom stereocenters. The molecule has 20 heavy (non-hydrogen) atoms. The summed E-state index contributed by atoms with van der Waals surface area (Å²) in [6.07, 6.45) is 5.02. The van der Waals surface area contributed by atoms with E-state index in [-0.39, 0.29) is 5.54 Å². The molecule has 0 aromatic carbocycles. The number of rotatable bonds is 4. The van der Waals surface area contributed by atoms with E-state index in [1.165, 1.54) is 65.0 Å². The van der Waals surface area contributed by atoms with Crippen LogP contribution in [0.25, 0.3) is 0 Å². The van der Waals surface area contributed by atoms with E-state index >= 15 is 0 Å². The Morgan fingerprint density at radius 1 is 1.10 bits per heavy atom. The summed E-state index contributed by atoms with van der Waals surface area (Å²) in [4.78, 5) is 7.86. The molecule has 1 atom stereocenters. The van der Waals surface area contributed by atoms with Gasteiger partial charge in [0.15, 0.2) is 0 Å². The van der Waals surface area contributed by atoms with E-state index in [9.17, 15) is 0 Å². The predicted octanol–water partition coefficient (Wildman–Crippen LogP) is 1.22. The van der Waals surface area contributed by atoms with E-state index < -0.39 is 0 Å². The maximum atomic E-state index is 6.28. The molecule has 2 aliphatic heterocycles. The highest BCUT2D eigenvalue weighted by molar-refractivity contribution is 4.99. The van der Waals surface area contributed by atoms with Crippen LogP contribution in [-0.4, -0.2) is 79.1 Å². The number of hydrogen-bond acceptors (Lipinski definition) is 4. The van der Waals surface area contributed by atoms with Gasteiger partial charge in [-0.2, -0.15) is 0 Å². The van der Waals surface area contributed by atoms with E-state index in [2.05, 4.69) is 35.6 Å². The molecule has 2 heterocycles. The zero-order valence-electron chi connectivity index (χ0n) is 13.8. The number of likely N-dealkylation sites (N-methyl/N-ethyl adjacent to an activating group) is 1. The molecule has 0 spiro atoms. The van der Waals surface area contributed by atoms with Crippen LogP contribution in [0.15, 0.2) is 0 Å². The third kappa shape index (κ3) is 3.35. The van der Waals surface area contributed by atoms with Crippen LogP contribution in [0, 0.1) is 0 Å². The molecular formula is C16H34N4. The molecule has 0 bridgehead atoms. The average Bonchev–Trinajstić information content (AvgIpc) is 2.69. The van der Waals surface area contributed by atoms with Crippen LogP contribution in [0.5, 0.6) is 0 Å². The third-order valence-corrected chi connectivity index (χ3v) is 5.60. The topological polar surface area (TPSA) is 35.7 Å². The summed E-state index contributed by atoms with van der Waals surface area (Å²) in [6.45, 7) is 12.7. The van der Waals surface area contributed by atoms with Gasteiger partial charge in [0, 0.05) is 31.2 Å². The van der Waals surface area contributed by atoms with Crippen LogP contribution in [0.4, 0.5) is 0 Å². The van der Waals surface area contributed by atoms with Crippen LogP contribution < -0.4 is 5.73 Å². The van der Waals surface area contributed by atoms with Crippen LogP contribution in [0.2, 0.25) is 0 Å². The SMILES string of the molecule is CCC1CN(C)CCCN1C1(CN)CCN(CC)CC1. The number of nitrogens with two attached hydrogens (primary N) is 1. The third-order valence-electron chi connectivity index (χ3n) is 5.60. The smallest absolute Gasteiger partial charge is 0.0359 e. The second kappa shape index (κ2) is 7.21. The minimum absolute atomic E-state index is 0.261. The molecule has 2 rings (SSSR count). The van der Waals surface area contributed by atoms with E-state index in [4.69, 9.17) is 5.73 Å². The fraction of sp³-hybridized carbons (Fsp3) is 1.00. The summed E-state index contributed by atoms with van der Waals surface area (Å²) >= 11 is 0. The van der Waals surface area contributed by atoms with Gasteiger partial charge in [-0.25, -0.2) is 0 Å².